The van der Waals surface area contributed by atoms with Crippen molar-refractivity contribution in [2.75, 3.05) is 12.1 Å². The van der Waals surface area contributed by atoms with Gasteiger partial charge < -0.3 is 19.3 Å². The molecule has 7 nitrogen and oxygen atoms in total. The van der Waals surface area contributed by atoms with Crippen molar-refractivity contribution in [3.05, 3.63) is 41.0 Å². The van der Waals surface area contributed by atoms with E-state index in [-0.39, 0.29) is 12.7 Å². The number of ether oxygens (including phenoxy) is 2. The van der Waals surface area contributed by atoms with Crippen LogP contribution in [0.1, 0.15) is 24.2 Å². The molecule has 1 aliphatic heterocycles. The van der Waals surface area contributed by atoms with E-state index in [4.69, 9.17) is 14.0 Å². The number of benzene rings is 1. The number of nitrogens with one attached hydrogen (secondary N) is 1. The van der Waals surface area contributed by atoms with Gasteiger partial charge in [0.2, 0.25) is 12.7 Å². The smallest absolute Gasteiger partial charge is 0.238 e. The molecular formula is C18H15N3O4S. The highest BCUT2D eigenvalue weighted by molar-refractivity contribution is 7.13. The van der Waals surface area contributed by atoms with Gasteiger partial charge in [0.05, 0.1) is 16.8 Å². The zero-order valence-electron chi connectivity index (χ0n) is 13.9. The van der Waals surface area contributed by atoms with Gasteiger partial charge in [-0.1, -0.05) is 5.16 Å². The maximum absolute atomic E-state index is 12.7. The van der Waals surface area contributed by atoms with Crippen molar-refractivity contribution in [1.82, 2.24) is 10.1 Å². The van der Waals surface area contributed by atoms with Crippen molar-refractivity contribution in [2.45, 2.75) is 25.2 Å². The van der Waals surface area contributed by atoms with E-state index in [9.17, 15) is 4.79 Å². The van der Waals surface area contributed by atoms with Crippen molar-refractivity contribution < 1.29 is 18.8 Å². The number of anilines is 1. The molecule has 0 bridgehead atoms. The number of amides is 1. The lowest BCUT2D eigenvalue weighted by Gasteiger charge is -2.10. The van der Waals surface area contributed by atoms with E-state index in [1.807, 2.05) is 36.6 Å². The average Bonchev–Trinajstić information content (AvgIpc) is 3.01. The van der Waals surface area contributed by atoms with Crippen molar-refractivity contribution in [2.24, 2.45) is 0 Å². The highest BCUT2D eigenvalue weighted by Gasteiger charge is 2.54. The Kier molecular flexibility index (Phi) is 3.30. The molecule has 3 heterocycles. The zero-order valence-corrected chi connectivity index (χ0v) is 14.8. The fourth-order valence-electron chi connectivity index (χ4n) is 3.04. The fraction of sp³-hybridized carbons (Fsp3) is 0.278. The van der Waals surface area contributed by atoms with Gasteiger partial charge in [-0.05, 0) is 38.0 Å². The molecule has 26 heavy (non-hydrogen) atoms. The van der Waals surface area contributed by atoms with Gasteiger partial charge in [-0.15, -0.1) is 11.3 Å². The second kappa shape index (κ2) is 5.57. The minimum atomic E-state index is -0.627. The lowest BCUT2D eigenvalue weighted by atomic mass is 10.0. The Balaban J connectivity index is 1.40. The fourth-order valence-corrected chi connectivity index (χ4v) is 3.72. The number of rotatable bonds is 4. The number of aromatic nitrogens is 2. The topological polar surface area (TPSA) is 86.5 Å². The Hall–Kier alpha value is -2.87. The van der Waals surface area contributed by atoms with Crippen LogP contribution in [0.2, 0.25) is 0 Å². The summed E-state index contributed by atoms with van der Waals surface area (Å²) in [5.74, 6) is 1.91. The quantitative estimate of drug-likeness (QED) is 0.757. The molecule has 0 saturated heterocycles. The maximum Gasteiger partial charge on any atom is 0.238 e. The van der Waals surface area contributed by atoms with E-state index in [0.29, 0.717) is 28.1 Å². The predicted octanol–water partition coefficient (Wildman–Crippen LogP) is 3.51. The van der Waals surface area contributed by atoms with Crippen LogP contribution < -0.4 is 14.8 Å². The lowest BCUT2D eigenvalue weighted by Crippen LogP contribution is -2.28. The van der Waals surface area contributed by atoms with E-state index in [2.05, 4.69) is 15.5 Å². The summed E-state index contributed by atoms with van der Waals surface area (Å²) >= 11 is 1.42. The van der Waals surface area contributed by atoms with Gasteiger partial charge in [0.1, 0.15) is 0 Å². The number of fused-ring (bicyclic) bond motifs is 1. The summed E-state index contributed by atoms with van der Waals surface area (Å²) in [6.45, 7) is 2.12. The molecule has 1 aromatic carbocycles. The van der Waals surface area contributed by atoms with Crippen LogP contribution in [0.15, 0.2) is 34.2 Å². The molecule has 1 N–H and O–H groups in total. The molecule has 132 valence electrons. The van der Waals surface area contributed by atoms with E-state index < -0.39 is 5.41 Å². The van der Waals surface area contributed by atoms with Crippen molar-refractivity contribution in [3.63, 3.8) is 0 Å². The molecule has 8 heteroatoms. The molecule has 0 atom stereocenters. The first-order valence-electron chi connectivity index (χ1n) is 8.25. The van der Waals surface area contributed by atoms with Gasteiger partial charge in [-0.2, -0.15) is 0 Å². The monoisotopic (exact) mass is 369 g/mol. The Morgan fingerprint density at radius 3 is 2.85 bits per heavy atom. The summed E-state index contributed by atoms with van der Waals surface area (Å²) < 4.78 is 16.2. The molecule has 0 unspecified atom stereocenters. The summed E-state index contributed by atoms with van der Waals surface area (Å²) in [5, 5.41) is 9.58. The van der Waals surface area contributed by atoms with Crippen molar-refractivity contribution in [1.29, 1.82) is 0 Å². The molecule has 1 amide bonds. The van der Waals surface area contributed by atoms with Gasteiger partial charge in [0, 0.05) is 17.0 Å². The summed E-state index contributed by atoms with van der Waals surface area (Å²) in [6, 6.07) is 7.40. The minimum Gasteiger partial charge on any atom is -0.454 e. The molecular weight excluding hydrogens is 354 g/mol. The van der Waals surface area contributed by atoms with Crippen LogP contribution in [-0.2, 0) is 10.2 Å². The molecule has 0 spiro atoms. The van der Waals surface area contributed by atoms with E-state index in [1.54, 1.807) is 0 Å². The van der Waals surface area contributed by atoms with Gasteiger partial charge in [-0.25, -0.2) is 4.98 Å². The van der Waals surface area contributed by atoms with Crippen molar-refractivity contribution >= 4 is 22.4 Å². The number of carbonyl (C=O) groups is 1. The van der Waals surface area contributed by atoms with E-state index in [0.717, 1.165) is 24.1 Å². The highest BCUT2D eigenvalue weighted by Crippen LogP contribution is 2.49. The molecule has 0 radical (unpaired) electrons. The van der Waals surface area contributed by atoms with Crippen LogP contribution in [-0.4, -0.2) is 22.8 Å². The minimum absolute atomic E-state index is 0.0858. The Morgan fingerprint density at radius 2 is 2.08 bits per heavy atom. The lowest BCUT2D eigenvalue weighted by molar-refractivity contribution is -0.118. The van der Waals surface area contributed by atoms with Gasteiger partial charge in [-0.3, -0.25) is 4.79 Å². The Bertz CT molecular complexity index is 1010. The van der Waals surface area contributed by atoms with E-state index >= 15 is 0 Å². The van der Waals surface area contributed by atoms with Crippen LogP contribution in [0.4, 0.5) is 5.13 Å². The first-order valence-corrected chi connectivity index (χ1v) is 9.13. The number of aryl methyl sites for hydroxylation is 1. The highest BCUT2D eigenvalue weighted by atomic mass is 32.1. The Morgan fingerprint density at radius 1 is 1.23 bits per heavy atom. The van der Waals surface area contributed by atoms with Crippen molar-refractivity contribution in [3.8, 4) is 22.8 Å². The second-order valence-electron chi connectivity index (χ2n) is 6.47. The van der Waals surface area contributed by atoms with Gasteiger partial charge >= 0.3 is 0 Å². The molecule has 5 rings (SSSR count). The molecule has 2 aromatic heterocycles. The maximum atomic E-state index is 12.7. The SMILES string of the molecule is Cc1csc(NC(=O)C2(c3cc(-c4ccc5c(c4)OCO5)on3)CC2)n1. The third kappa shape index (κ3) is 2.45. The van der Waals surface area contributed by atoms with Crippen LogP contribution >= 0.6 is 11.3 Å². The summed E-state index contributed by atoms with van der Waals surface area (Å²) in [7, 11) is 0. The predicted molar refractivity (Wildman–Crippen MR) is 94.5 cm³/mol. The largest absolute Gasteiger partial charge is 0.454 e. The second-order valence-corrected chi connectivity index (χ2v) is 7.33. The summed E-state index contributed by atoms with van der Waals surface area (Å²) in [5.41, 5.74) is 1.75. The molecule has 1 aliphatic carbocycles. The van der Waals surface area contributed by atoms with E-state index in [1.165, 1.54) is 11.3 Å². The molecule has 2 aliphatic rings. The number of carbonyl (C=O) groups excluding carboxylic acids is 1. The number of hydrogen-bond donors (Lipinski definition) is 1. The first-order chi connectivity index (χ1) is 12.6. The van der Waals surface area contributed by atoms with Gasteiger partial charge in [0.25, 0.3) is 0 Å². The molecule has 1 saturated carbocycles. The number of nitrogens with zero attached hydrogens (tertiary/aromatic N) is 2. The number of thiazole rings is 1. The van der Waals surface area contributed by atoms with Crippen LogP contribution in [0.3, 0.4) is 0 Å². The van der Waals surface area contributed by atoms with Crippen LogP contribution in [0.25, 0.3) is 11.3 Å². The Labute approximate surface area is 152 Å². The molecule has 1 fully saturated rings. The molecule has 3 aromatic rings. The number of hydrogen-bond acceptors (Lipinski definition) is 7. The first kappa shape index (κ1) is 15.4. The normalized spacial score (nSPS) is 16.5. The van der Waals surface area contributed by atoms with Gasteiger partial charge in [0.15, 0.2) is 22.4 Å². The zero-order chi connectivity index (χ0) is 17.7. The summed E-state index contributed by atoms with van der Waals surface area (Å²) in [6.07, 6.45) is 1.49. The third-order valence-corrected chi connectivity index (χ3v) is 5.56. The van der Waals surface area contributed by atoms with Crippen LogP contribution in [0, 0.1) is 6.92 Å². The van der Waals surface area contributed by atoms with Crippen LogP contribution in [0.5, 0.6) is 11.5 Å². The standard InChI is InChI=1S/C18H15N3O4S/c1-10-8-26-17(19-10)20-16(22)18(4-5-18)15-7-13(25-21-15)11-2-3-12-14(6-11)24-9-23-12/h2-3,6-8H,4-5,9H2,1H3,(H,19,20,22). The third-order valence-electron chi connectivity index (χ3n) is 4.68. The summed E-state index contributed by atoms with van der Waals surface area (Å²) in [4.78, 5) is 17.0. The average molecular weight is 369 g/mol.